The van der Waals surface area contributed by atoms with Gasteiger partial charge in [-0.15, -0.1) is 0 Å². The number of rotatable bonds is 8. The third-order valence-corrected chi connectivity index (χ3v) is 3.32. The van der Waals surface area contributed by atoms with E-state index in [2.05, 4.69) is 10.3 Å². The molecule has 20 heavy (non-hydrogen) atoms. The molecule has 1 fully saturated rings. The highest BCUT2D eigenvalue weighted by molar-refractivity contribution is 5.94. The van der Waals surface area contributed by atoms with Gasteiger partial charge in [-0.1, -0.05) is 6.92 Å². The maximum Gasteiger partial charge on any atom is 0.251 e. The lowest BCUT2D eigenvalue weighted by atomic mass is 10.2. The van der Waals surface area contributed by atoms with Crippen LogP contribution in [0.1, 0.15) is 42.2 Å². The third kappa shape index (κ3) is 4.81. The van der Waals surface area contributed by atoms with Crippen molar-refractivity contribution in [3.8, 4) is 0 Å². The molecule has 5 heteroatoms. The smallest absolute Gasteiger partial charge is 0.251 e. The molecular weight excluding hydrogens is 254 g/mol. The first-order chi connectivity index (χ1) is 9.69. The Morgan fingerprint density at radius 2 is 2.30 bits per heavy atom. The van der Waals surface area contributed by atoms with E-state index >= 15 is 0 Å². The molecule has 1 aromatic rings. The second-order valence-corrected chi connectivity index (χ2v) is 5.25. The number of carbonyl (C=O) groups excluding carboxylic acids is 1. The maximum absolute atomic E-state index is 12.0. The summed E-state index contributed by atoms with van der Waals surface area (Å²) in [5.74, 6) is 1.08. The standard InChI is InChI=1S/C15H23N3O2/c1-2-13-8-12(9-14(16)18-13)15(19)17-6-3-7-20-10-11-4-5-11/h8-9,11H,2-7,10H2,1H3,(H2,16,18)(H,17,19). The van der Waals surface area contributed by atoms with Gasteiger partial charge in [-0.2, -0.15) is 0 Å². The monoisotopic (exact) mass is 277 g/mol. The Bertz CT molecular complexity index is 458. The number of carbonyl (C=O) groups is 1. The summed E-state index contributed by atoms with van der Waals surface area (Å²) in [6.07, 6.45) is 4.21. The second kappa shape index (κ2) is 7.24. The molecule has 1 aromatic heterocycles. The zero-order valence-corrected chi connectivity index (χ0v) is 12.0. The van der Waals surface area contributed by atoms with E-state index in [0.717, 1.165) is 31.1 Å². The highest BCUT2D eigenvalue weighted by Crippen LogP contribution is 2.28. The van der Waals surface area contributed by atoms with Crippen LogP contribution in [0.2, 0.25) is 0 Å². The molecule has 2 rings (SSSR count). The summed E-state index contributed by atoms with van der Waals surface area (Å²) in [6.45, 7) is 4.18. The number of amides is 1. The fraction of sp³-hybridized carbons (Fsp3) is 0.600. The molecule has 1 amide bonds. The fourth-order valence-corrected chi connectivity index (χ4v) is 1.94. The Hall–Kier alpha value is -1.62. The molecule has 0 spiro atoms. The molecule has 0 saturated heterocycles. The van der Waals surface area contributed by atoms with Crippen molar-refractivity contribution in [2.75, 3.05) is 25.5 Å². The van der Waals surface area contributed by atoms with Crippen molar-refractivity contribution in [2.24, 2.45) is 5.92 Å². The molecule has 0 bridgehead atoms. The molecule has 110 valence electrons. The highest BCUT2D eigenvalue weighted by atomic mass is 16.5. The van der Waals surface area contributed by atoms with Gasteiger partial charge in [0.05, 0.1) is 0 Å². The van der Waals surface area contributed by atoms with E-state index in [1.165, 1.54) is 12.8 Å². The lowest BCUT2D eigenvalue weighted by Crippen LogP contribution is -2.25. The van der Waals surface area contributed by atoms with Crippen LogP contribution in [-0.2, 0) is 11.2 Å². The first-order valence-corrected chi connectivity index (χ1v) is 7.31. The third-order valence-electron chi connectivity index (χ3n) is 3.32. The van der Waals surface area contributed by atoms with Crippen LogP contribution in [0, 0.1) is 5.92 Å². The summed E-state index contributed by atoms with van der Waals surface area (Å²) in [7, 11) is 0. The number of pyridine rings is 1. The van der Waals surface area contributed by atoms with Crippen molar-refractivity contribution in [2.45, 2.75) is 32.6 Å². The summed E-state index contributed by atoms with van der Waals surface area (Å²) < 4.78 is 5.52. The minimum absolute atomic E-state index is 0.101. The van der Waals surface area contributed by atoms with Gasteiger partial charge in [-0.25, -0.2) is 4.98 Å². The molecule has 1 saturated carbocycles. The number of ether oxygens (including phenoxy) is 1. The zero-order valence-electron chi connectivity index (χ0n) is 12.0. The van der Waals surface area contributed by atoms with E-state index in [0.29, 0.717) is 24.5 Å². The number of nitrogen functional groups attached to an aromatic ring is 1. The van der Waals surface area contributed by atoms with Gasteiger partial charge in [-0.3, -0.25) is 4.79 Å². The van der Waals surface area contributed by atoms with E-state index in [9.17, 15) is 4.79 Å². The molecule has 3 N–H and O–H groups in total. The largest absolute Gasteiger partial charge is 0.384 e. The lowest BCUT2D eigenvalue weighted by Gasteiger charge is -2.07. The number of anilines is 1. The molecule has 0 atom stereocenters. The Morgan fingerprint density at radius 1 is 1.50 bits per heavy atom. The first kappa shape index (κ1) is 14.8. The number of hydrogen-bond donors (Lipinski definition) is 2. The molecule has 0 unspecified atom stereocenters. The number of nitrogens with zero attached hydrogens (tertiary/aromatic N) is 1. The Balaban J connectivity index is 1.69. The van der Waals surface area contributed by atoms with Gasteiger partial charge in [0.1, 0.15) is 5.82 Å². The van der Waals surface area contributed by atoms with Gasteiger partial charge >= 0.3 is 0 Å². The van der Waals surface area contributed by atoms with Gasteiger partial charge in [0.25, 0.3) is 5.91 Å². The van der Waals surface area contributed by atoms with Crippen molar-refractivity contribution >= 4 is 11.7 Å². The van der Waals surface area contributed by atoms with Crippen LogP contribution < -0.4 is 11.1 Å². The minimum atomic E-state index is -0.101. The number of aromatic nitrogens is 1. The summed E-state index contributed by atoms with van der Waals surface area (Å²) in [5.41, 5.74) is 7.10. The number of aryl methyl sites for hydroxylation is 1. The number of nitrogens with one attached hydrogen (secondary N) is 1. The quantitative estimate of drug-likeness (QED) is 0.710. The molecule has 0 radical (unpaired) electrons. The Kier molecular flexibility index (Phi) is 5.35. The van der Waals surface area contributed by atoms with Crippen LogP contribution in [0.15, 0.2) is 12.1 Å². The van der Waals surface area contributed by atoms with Crippen molar-refractivity contribution in [1.82, 2.24) is 10.3 Å². The van der Waals surface area contributed by atoms with Crippen LogP contribution >= 0.6 is 0 Å². The normalized spacial score (nSPS) is 14.2. The lowest BCUT2D eigenvalue weighted by molar-refractivity contribution is 0.0937. The molecule has 0 aliphatic heterocycles. The van der Waals surface area contributed by atoms with Crippen LogP contribution in [0.5, 0.6) is 0 Å². The molecule has 5 nitrogen and oxygen atoms in total. The van der Waals surface area contributed by atoms with Crippen LogP contribution in [0.4, 0.5) is 5.82 Å². The molecular formula is C15H23N3O2. The van der Waals surface area contributed by atoms with Crippen LogP contribution in [0.3, 0.4) is 0 Å². The predicted octanol–water partition coefficient (Wildman–Crippen LogP) is 1.77. The SMILES string of the molecule is CCc1cc(C(=O)NCCCOCC2CC2)cc(N)n1. The number of nitrogens with two attached hydrogens (primary N) is 1. The number of hydrogen-bond acceptors (Lipinski definition) is 4. The van der Waals surface area contributed by atoms with Crippen molar-refractivity contribution in [3.63, 3.8) is 0 Å². The van der Waals surface area contributed by atoms with E-state index in [4.69, 9.17) is 10.5 Å². The predicted molar refractivity (Wildman–Crippen MR) is 78.5 cm³/mol. The van der Waals surface area contributed by atoms with E-state index in [1.807, 2.05) is 6.92 Å². The van der Waals surface area contributed by atoms with Crippen molar-refractivity contribution in [1.29, 1.82) is 0 Å². The van der Waals surface area contributed by atoms with Crippen molar-refractivity contribution < 1.29 is 9.53 Å². The molecule has 1 heterocycles. The van der Waals surface area contributed by atoms with Gasteiger partial charge in [0.15, 0.2) is 0 Å². The highest BCUT2D eigenvalue weighted by Gasteiger charge is 2.20. The summed E-state index contributed by atoms with van der Waals surface area (Å²) in [5, 5.41) is 2.88. The minimum Gasteiger partial charge on any atom is -0.384 e. The maximum atomic E-state index is 12.0. The van der Waals surface area contributed by atoms with E-state index < -0.39 is 0 Å². The van der Waals surface area contributed by atoms with E-state index in [-0.39, 0.29) is 5.91 Å². The summed E-state index contributed by atoms with van der Waals surface area (Å²) >= 11 is 0. The van der Waals surface area contributed by atoms with E-state index in [1.54, 1.807) is 12.1 Å². The topological polar surface area (TPSA) is 77.2 Å². The van der Waals surface area contributed by atoms with Gasteiger partial charge < -0.3 is 15.8 Å². The molecule has 1 aliphatic carbocycles. The molecule has 0 aromatic carbocycles. The van der Waals surface area contributed by atoms with Crippen molar-refractivity contribution in [3.05, 3.63) is 23.4 Å². The Labute approximate surface area is 119 Å². The van der Waals surface area contributed by atoms with Gasteiger partial charge in [0.2, 0.25) is 0 Å². The van der Waals surface area contributed by atoms with Gasteiger partial charge in [-0.05, 0) is 43.7 Å². The van der Waals surface area contributed by atoms with Crippen LogP contribution in [0.25, 0.3) is 0 Å². The zero-order chi connectivity index (χ0) is 14.4. The fourth-order valence-electron chi connectivity index (χ4n) is 1.94. The Morgan fingerprint density at radius 3 is 3.00 bits per heavy atom. The summed E-state index contributed by atoms with van der Waals surface area (Å²) in [6, 6.07) is 3.40. The van der Waals surface area contributed by atoms with Crippen LogP contribution in [-0.4, -0.2) is 30.6 Å². The average Bonchev–Trinajstić information content (AvgIpc) is 3.25. The van der Waals surface area contributed by atoms with Gasteiger partial charge in [0, 0.05) is 31.0 Å². The summed E-state index contributed by atoms with van der Waals surface area (Å²) in [4.78, 5) is 16.1. The molecule has 1 aliphatic rings. The average molecular weight is 277 g/mol. The second-order valence-electron chi connectivity index (χ2n) is 5.25. The first-order valence-electron chi connectivity index (χ1n) is 7.31.